The monoisotopic (exact) mass is 550 g/mol. The van der Waals surface area contributed by atoms with E-state index in [9.17, 15) is 13.2 Å². The van der Waals surface area contributed by atoms with Gasteiger partial charge in [0.25, 0.3) is 5.56 Å². The lowest BCUT2D eigenvalue weighted by Gasteiger charge is -2.28. The van der Waals surface area contributed by atoms with Crippen LogP contribution < -0.4 is 15.6 Å². The van der Waals surface area contributed by atoms with E-state index in [1.807, 2.05) is 0 Å². The Balaban J connectivity index is 0.00000323. The summed E-state index contributed by atoms with van der Waals surface area (Å²) >= 11 is 0. The summed E-state index contributed by atoms with van der Waals surface area (Å²) in [6, 6.07) is 3.17. The Hall–Kier alpha value is -4.00. The number of fused-ring (bicyclic) bond motifs is 1. The fourth-order valence-electron chi connectivity index (χ4n) is 4.67. The maximum atomic E-state index is 13.6. The van der Waals surface area contributed by atoms with Gasteiger partial charge in [-0.05, 0) is 44.2 Å². The van der Waals surface area contributed by atoms with E-state index in [4.69, 9.17) is 9.72 Å². The Morgan fingerprint density at radius 1 is 1.08 bits per heavy atom. The van der Waals surface area contributed by atoms with Crippen LogP contribution in [-0.4, -0.2) is 55.8 Å². The van der Waals surface area contributed by atoms with E-state index in [1.54, 1.807) is 30.9 Å². The van der Waals surface area contributed by atoms with E-state index in [0.29, 0.717) is 40.0 Å². The van der Waals surface area contributed by atoms with Crippen LogP contribution in [0.4, 0.5) is 5.82 Å². The van der Waals surface area contributed by atoms with E-state index in [-0.39, 0.29) is 36.0 Å². The fourth-order valence-corrected chi connectivity index (χ4v) is 5.50. The highest BCUT2D eigenvalue weighted by atomic mass is 32.2. The van der Waals surface area contributed by atoms with Gasteiger partial charge < -0.3 is 10.1 Å². The largest absolute Gasteiger partial charge is 0.480 e. The van der Waals surface area contributed by atoms with Gasteiger partial charge in [-0.1, -0.05) is 6.92 Å². The summed E-state index contributed by atoms with van der Waals surface area (Å²) in [4.78, 5) is 40.8. The van der Waals surface area contributed by atoms with Gasteiger partial charge in [-0.3, -0.25) is 14.3 Å². The van der Waals surface area contributed by atoms with Crippen molar-refractivity contribution in [3.8, 4) is 17.3 Å². The summed E-state index contributed by atoms with van der Waals surface area (Å²) in [5.74, 6) is 1.30. The van der Waals surface area contributed by atoms with Crippen molar-refractivity contribution in [2.24, 2.45) is 0 Å². The van der Waals surface area contributed by atoms with Gasteiger partial charge >= 0.3 is 0 Å². The number of anilines is 1. The summed E-state index contributed by atoms with van der Waals surface area (Å²) in [7, 11) is -1.78. The van der Waals surface area contributed by atoms with Crippen LogP contribution >= 0.6 is 0 Å². The standard InChI is InChI=1S/C26H28N8O4S.H2/c1-3-39(36,37)18-10-9-16(27-12-18)11-28-23-26(35)34(17-5-4-6-17)24-19(32-23)13-29-22(33-24)20-21(15-7-8-15)30-14-31-25(20)38-2;/h9-10,12-15,17H,3-8,11H2,1-2H3,(H,28,32);1H. The maximum Gasteiger partial charge on any atom is 0.295 e. The molecule has 0 aromatic carbocycles. The van der Waals surface area contributed by atoms with Gasteiger partial charge in [-0.2, -0.15) is 0 Å². The minimum absolute atomic E-state index is 0. The number of nitrogens with one attached hydrogen (secondary N) is 1. The molecule has 4 aromatic heterocycles. The smallest absolute Gasteiger partial charge is 0.295 e. The van der Waals surface area contributed by atoms with Gasteiger partial charge in [-0.25, -0.2) is 33.3 Å². The minimum atomic E-state index is -3.34. The lowest BCUT2D eigenvalue weighted by molar-refractivity contribution is 0.313. The molecule has 1 N–H and O–H groups in total. The van der Waals surface area contributed by atoms with E-state index < -0.39 is 9.84 Å². The van der Waals surface area contributed by atoms with E-state index in [1.165, 1.54) is 18.6 Å². The van der Waals surface area contributed by atoms with Crippen molar-refractivity contribution in [3.05, 3.63) is 52.6 Å². The number of hydrogen-bond acceptors (Lipinski definition) is 11. The molecule has 0 amide bonds. The third-order valence-electron chi connectivity index (χ3n) is 7.27. The molecule has 0 atom stereocenters. The predicted molar refractivity (Wildman–Crippen MR) is 145 cm³/mol. The first-order chi connectivity index (χ1) is 18.9. The van der Waals surface area contributed by atoms with E-state index in [2.05, 4.69) is 30.2 Å². The lowest BCUT2D eigenvalue weighted by Crippen LogP contribution is -2.32. The van der Waals surface area contributed by atoms with Gasteiger partial charge in [-0.15, -0.1) is 0 Å². The molecule has 6 rings (SSSR count). The zero-order valence-electron chi connectivity index (χ0n) is 21.7. The SMILES string of the molecule is CCS(=O)(=O)c1ccc(CNc2nc3cnc(-c4c(OC)ncnc4C4CC4)nc3n(C3CCC3)c2=O)nc1.[HH]. The van der Waals surface area contributed by atoms with Crippen LogP contribution in [0.2, 0.25) is 0 Å². The molecule has 0 radical (unpaired) electrons. The second kappa shape index (κ2) is 9.95. The van der Waals surface area contributed by atoms with Crippen molar-refractivity contribution >= 4 is 26.8 Å². The molecular formula is C26H30N8O4S. The molecule has 0 unspecified atom stereocenters. The molecule has 2 saturated carbocycles. The Morgan fingerprint density at radius 3 is 2.54 bits per heavy atom. The second-order valence-corrected chi connectivity index (χ2v) is 12.1. The van der Waals surface area contributed by atoms with Gasteiger partial charge in [0.2, 0.25) is 5.88 Å². The highest BCUT2D eigenvalue weighted by Gasteiger charge is 2.32. The van der Waals surface area contributed by atoms with E-state index >= 15 is 0 Å². The molecule has 2 aliphatic carbocycles. The number of pyridine rings is 1. The number of nitrogens with zero attached hydrogens (tertiary/aromatic N) is 7. The lowest BCUT2D eigenvalue weighted by atomic mass is 9.93. The molecule has 13 heteroatoms. The summed E-state index contributed by atoms with van der Waals surface area (Å²) in [5.41, 5.74) is 2.75. The van der Waals surface area contributed by atoms with Gasteiger partial charge in [0.05, 0.1) is 41.9 Å². The Bertz CT molecular complexity index is 1720. The molecule has 4 aromatic rings. The Kier molecular flexibility index (Phi) is 6.45. The average molecular weight is 551 g/mol. The summed E-state index contributed by atoms with van der Waals surface area (Å²) in [6.45, 7) is 1.79. The van der Waals surface area contributed by atoms with Gasteiger partial charge in [0.1, 0.15) is 17.4 Å². The highest BCUT2D eigenvalue weighted by Crippen LogP contribution is 2.45. The maximum absolute atomic E-state index is 13.6. The van der Waals surface area contributed by atoms with E-state index in [0.717, 1.165) is 37.8 Å². The highest BCUT2D eigenvalue weighted by molar-refractivity contribution is 7.91. The molecule has 12 nitrogen and oxygen atoms in total. The number of rotatable bonds is 9. The first kappa shape index (κ1) is 25.3. The van der Waals surface area contributed by atoms with Crippen molar-refractivity contribution in [2.75, 3.05) is 18.2 Å². The number of aromatic nitrogens is 7. The van der Waals surface area contributed by atoms with Crippen molar-refractivity contribution in [1.29, 1.82) is 0 Å². The Morgan fingerprint density at radius 2 is 1.90 bits per heavy atom. The summed E-state index contributed by atoms with van der Waals surface area (Å²) in [6.07, 6.45) is 9.30. The zero-order valence-corrected chi connectivity index (χ0v) is 22.5. The van der Waals surface area contributed by atoms with Crippen molar-refractivity contribution in [2.45, 2.75) is 62.4 Å². The number of methoxy groups -OCH3 is 1. The topological polar surface area (TPSA) is 155 Å². The molecule has 39 heavy (non-hydrogen) atoms. The van der Waals surface area contributed by atoms with Crippen LogP contribution in [0, 0.1) is 0 Å². The molecule has 0 saturated heterocycles. The van der Waals surface area contributed by atoms with Crippen LogP contribution in [0.15, 0.2) is 40.5 Å². The van der Waals surface area contributed by atoms with Gasteiger partial charge in [0.15, 0.2) is 27.1 Å². The molecule has 4 heterocycles. The molecular weight excluding hydrogens is 520 g/mol. The molecule has 0 bridgehead atoms. The Labute approximate surface area is 226 Å². The third kappa shape index (κ3) is 4.71. The minimum Gasteiger partial charge on any atom is -0.480 e. The van der Waals surface area contributed by atoms with Crippen molar-refractivity contribution < 1.29 is 14.6 Å². The van der Waals surface area contributed by atoms with Crippen LogP contribution in [0.3, 0.4) is 0 Å². The first-order valence-corrected chi connectivity index (χ1v) is 14.6. The van der Waals surface area contributed by atoms with Crippen LogP contribution in [0.25, 0.3) is 22.6 Å². The molecule has 2 aliphatic rings. The number of sulfone groups is 1. The summed E-state index contributed by atoms with van der Waals surface area (Å²) < 4.78 is 31.4. The third-order valence-corrected chi connectivity index (χ3v) is 8.99. The number of hydrogen-bond donors (Lipinski definition) is 1. The second-order valence-electron chi connectivity index (χ2n) is 9.78. The van der Waals surface area contributed by atoms with Gasteiger partial charge in [0, 0.05) is 19.6 Å². The zero-order chi connectivity index (χ0) is 27.1. The first-order valence-electron chi connectivity index (χ1n) is 13.0. The van der Waals surface area contributed by atoms with Crippen LogP contribution in [0.5, 0.6) is 5.88 Å². The fraction of sp³-hybridized carbons (Fsp3) is 0.423. The van der Waals surface area contributed by atoms with Crippen molar-refractivity contribution in [3.63, 3.8) is 0 Å². The number of ether oxygens (including phenoxy) is 1. The molecule has 0 aliphatic heterocycles. The molecule has 2 fully saturated rings. The predicted octanol–water partition coefficient (Wildman–Crippen LogP) is 3.30. The van der Waals surface area contributed by atoms with Crippen LogP contribution in [-0.2, 0) is 16.4 Å². The quantitative estimate of drug-likeness (QED) is 0.326. The average Bonchev–Trinajstić information content (AvgIpc) is 3.78. The summed E-state index contributed by atoms with van der Waals surface area (Å²) in [5, 5.41) is 3.08. The molecule has 204 valence electrons. The molecule has 0 spiro atoms. The van der Waals surface area contributed by atoms with Crippen LogP contribution in [0.1, 0.15) is 63.8 Å². The van der Waals surface area contributed by atoms with Crippen molar-refractivity contribution in [1.82, 2.24) is 34.5 Å². The normalized spacial score (nSPS) is 15.7.